The van der Waals surface area contributed by atoms with Crippen LogP contribution in [0.4, 0.5) is 0 Å². The molecule has 0 radical (unpaired) electrons. The van der Waals surface area contributed by atoms with E-state index in [0.717, 1.165) is 25.4 Å². The van der Waals surface area contributed by atoms with Crippen LogP contribution in [0.2, 0.25) is 0 Å². The lowest BCUT2D eigenvalue weighted by Crippen LogP contribution is -2.41. The van der Waals surface area contributed by atoms with Gasteiger partial charge in [-0.05, 0) is 31.0 Å². The van der Waals surface area contributed by atoms with Crippen LogP contribution in [0.25, 0.3) is 0 Å². The monoisotopic (exact) mass is 206 g/mol. The van der Waals surface area contributed by atoms with Crippen molar-refractivity contribution >= 4 is 0 Å². The lowest BCUT2D eigenvalue weighted by Gasteiger charge is -2.23. The zero-order valence-corrected chi connectivity index (χ0v) is 9.34. The topological polar surface area (TPSA) is 33.3 Å². The fraction of sp³-hybridized carbons (Fsp3) is 0.500. The van der Waals surface area contributed by atoms with E-state index in [4.69, 9.17) is 4.74 Å². The SMILES string of the molecule is COc1ccc(CC2(C)CNCN2)cc1. The van der Waals surface area contributed by atoms with Gasteiger partial charge in [0.2, 0.25) is 0 Å². The number of nitrogens with one attached hydrogen (secondary N) is 2. The highest BCUT2D eigenvalue weighted by atomic mass is 16.5. The summed E-state index contributed by atoms with van der Waals surface area (Å²) in [5, 5.41) is 6.79. The number of hydrogen-bond acceptors (Lipinski definition) is 3. The number of methoxy groups -OCH3 is 1. The van der Waals surface area contributed by atoms with Crippen molar-refractivity contribution in [3.05, 3.63) is 29.8 Å². The van der Waals surface area contributed by atoms with Crippen molar-refractivity contribution < 1.29 is 4.74 Å². The molecule has 1 fully saturated rings. The molecule has 0 amide bonds. The summed E-state index contributed by atoms with van der Waals surface area (Å²) in [5.74, 6) is 0.918. The molecule has 2 rings (SSSR count). The smallest absolute Gasteiger partial charge is 0.118 e. The molecule has 1 atom stereocenters. The molecule has 0 bridgehead atoms. The van der Waals surface area contributed by atoms with Gasteiger partial charge in [-0.1, -0.05) is 12.1 Å². The number of rotatable bonds is 3. The summed E-state index contributed by atoms with van der Waals surface area (Å²) in [6, 6.07) is 8.29. The summed E-state index contributed by atoms with van der Waals surface area (Å²) in [4.78, 5) is 0. The fourth-order valence-electron chi connectivity index (χ4n) is 2.00. The maximum Gasteiger partial charge on any atom is 0.118 e. The van der Waals surface area contributed by atoms with Crippen molar-refractivity contribution in [2.24, 2.45) is 0 Å². The molecule has 1 aliphatic rings. The molecule has 1 aromatic rings. The van der Waals surface area contributed by atoms with Crippen molar-refractivity contribution in [3.8, 4) is 5.75 Å². The van der Waals surface area contributed by atoms with E-state index in [9.17, 15) is 0 Å². The Morgan fingerprint density at radius 3 is 2.60 bits per heavy atom. The summed E-state index contributed by atoms with van der Waals surface area (Å²) < 4.78 is 5.14. The molecule has 0 aromatic heterocycles. The lowest BCUT2D eigenvalue weighted by molar-refractivity contribution is 0.413. The van der Waals surface area contributed by atoms with Gasteiger partial charge in [-0.25, -0.2) is 0 Å². The van der Waals surface area contributed by atoms with Crippen LogP contribution in [0, 0.1) is 0 Å². The molecule has 3 heteroatoms. The second-order valence-electron chi connectivity index (χ2n) is 4.37. The minimum Gasteiger partial charge on any atom is -0.497 e. The Labute approximate surface area is 90.8 Å². The van der Waals surface area contributed by atoms with Gasteiger partial charge in [0.15, 0.2) is 0 Å². The first-order chi connectivity index (χ1) is 7.22. The van der Waals surface area contributed by atoms with Crippen LogP contribution < -0.4 is 15.4 Å². The first kappa shape index (κ1) is 10.5. The molecule has 1 heterocycles. The first-order valence-electron chi connectivity index (χ1n) is 5.31. The van der Waals surface area contributed by atoms with E-state index < -0.39 is 0 Å². The van der Waals surface area contributed by atoms with Crippen LogP contribution in [0.1, 0.15) is 12.5 Å². The summed E-state index contributed by atoms with van der Waals surface area (Å²) >= 11 is 0. The Morgan fingerprint density at radius 1 is 1.33 bits per heavy atom. The molecule has 0 aliphatic carbocycles. The van der Waals surface area contributed by atoms with Crippen LogP contribution in [-0.2, 0) is 6.42 Å². The van der Waals surface area contributed by atoms with Gasteiger partial charge in [-0.2, -0.15) is 0 Å². The van der Waals surface area contributed by atoms with Crippen molar-refractivity contribution in [2.45, 2.75) is 18.9 Å². The average molecular weight is 206 g/mol. The summed E-state index contributed by atoms with van der Waals surface area (Å²) in [6.45, 7) is 4.18. The first-order valence-corrected chi connectivity index (χ1v) is 5.31. The minimum absolute atomic E-state index is 0.189. The Bertz CT molecular complexity index is 315. The van der Waals surface area contributed by atoms with Gasteiger partial charge in [0.1, 0.15) is 5.75 Å². The summed E-state index contributed by atoms with van der Waals surface area (Å²) in [5.41, 5.74) is 1.53. The highest BCUT2D eigenvalue weighted by Gasteiger charge is 2.27. The van der Waals surface area contributed by atoms with Crippen molar-refractivity contribution in [3.63, 3.8) is 0 Å². The predicted molar refractivity (Wildman–Crippen MR) is 61.1 cm³/mol. The molecule has 2 N–H and O–H groups in total. The zero-order valence-electron chi connectivity index (χ0n) is 9.34. The Morgan fingerprint density at radius 2 is 2.07 bits per heavy atom. The van der Waals surface area contributed by atoms with Crippen molar-refractivity contribution in [1.82, 2.24) is 10.6 Å². The molecule has 1 aromatic carbocycles. The molecular formula is C12H18N2O. The zero-order chi connectivity index (χ0) is 10.7. The lowest BCUT2D eigenvalue weighted by atomic mass is 9.94. The maximum atomic E-state index is 5.14. The standard InChI is InChI=1S/C12H18N2O/c1-12(8-13-9-14-12)7-10-3-5-11(15-2)6-4-10/h3-6,13-14H,7-9H2,1-2H3. The second-order valence-corrected chi connectivity index (χ2v) is 4.37. The van der Waals surface area contributed by atoms with E-state index in [-0.39, 0.29) is 5.54 Å². The van der Waals surface area contributed by atoms with E-state index in [1.54, 1.807) is 7.11 Å². The van der Waals surface area contributed by atoms with Crippen molar-refractivity contribution in [1.29, 1.82) is 0 Å². The third kappa shape index (κ3) is 2.49. The normalized spacial score (nSPS) is 25.5. The van der Waals surface area contributed by atoms with Crippen LogP contribution in [-0.4, -0.2) is 25.9 Å². The largest absolute Gasteiger partial charge is 0.497 e. The van der Waals surface area contributed by atoms with Gasteiger partial charge in [0, 0.05) is 18.8 Å². The molecule has 0 spiro atoms. The van der Waals surface area contributed by atoms with E-state index in [1.807, 2.05) is 12.1 Å². The highest BCUT2D eigenvalue weighted by molar-refractivity contribution is 5.28. The van der Waals surface area contributed by atoms with E-state index in [0.29, 0.717) is 0 Å². The van der Waals surface area contributed by atoms with Gasteiger partial charge in [0.05, 0.1) is 7.11 Å². The van der Waals surface area contributed by atoms with Gasteiger partial charge < -0.3 is 10.1 Å². The van der Waals surface area contributed by atoms with Gasteiger partial charge >= 0.3 is 0 Å². The highest BCUT2D eigenvalue weighted by Crippen LogP contribution is 2.17. The van der Waals surface area contributed by atoms with Crippen LogP contribution >= 0.6 is 0 Å². The van der Waals surface area contributed by atoms with Crippen molar-refractivity contribution in [2.75, 3.05) is 20.3 Å². The average Bonchev–Trinajstić information content (AvgIpc) is 2.66. The number of benzene rings is 1. The van der Waals surface area contributed by atoms with Crippen LogP contribution in [0.5, 0.6) is 5.75 Å². The van der Waals surface area contributed by atoms with E-state index in [2.05, 4.69) is 29.7 Å². The molecule has 1 saturated heterocycles. The predicted octanol–water partition coefficient (Wildman–Crippen LogP) is 1.15. The fourth-order valence-corrected chi connectivity index (χ4v) is 2.00. The Balaban J connectivity index is 2.04. The Hall–Kier alpha value is -1.06. The van der Waals surface area contributed by atoms with Gasteiger partial charge in [-0.3, -0.25) is 5.32 Å². The molecule has 1 unspecified atom stereocenters. The third-order valence-electron chi connectivity index (χ3n) is 2.91. The summed E-state index contributed by atoms with van der Waals surface area (Å²) in [7, 11) is 1.69. The summed E-state index contributed by atoms with van der Waals surface area (Å²) in [6.07, 6.45) is 1.05. The molecule has 0 saturated carbocycles. The van der Waals surface area contributed by atoms with Crippen LogP contribution in [0.3, 0.4) is 0 Å². The maximum absolute atomic E-state index is 5.14. The molecule has 15 heavy (non-hydrogen) atoms. The van der Waals surface area contributed by atoms with Gasteiger partial charge in [-0.15, -0.1) is 0 Å². The van der Waals surface area contributed by atoms with Crippen LogP contribution in [0.15, 0.2) is 24.3 Å². The Kier molecular flexibility index (Phi) is 2.93. The van der Waals surface area contributed by atoms with E-state index in [1.165, 1.54) is 5.56 Å². The van der Waals surface area contributed by atoms with E-state index >= 15 is 0 Å². The number of ether oxygens (including phenoxy) is 1. The molecule has 1 aliphatic heterocycles. The molecule has 82 valence electrons. The van der Waals surface area contributed by atoms with Gasteiger partial charge in [0.25, 0.3) is 0 Å². The minimum atomic E-state index is 0.189. The second kappa shape index (κ2) is 4.21. The molecular weight excluding hydrogens is 188 g/mol. The number of hydrogen-bond donors (Lipinski definition) is 2. The molecule has 3 nitrogen and oxygen atoms in total. The quantitative estimate of drug-likeness (QED) is 0.778. The third-order valence-corrected chi connectivity index (χ3v) is 2.91.